The van der Waals surface area contributed by atoms with Crippen LogP contribution in [0.1, 0.15) is 43.1 Å². The predicted octanol–water partition coefficient (Wildman–Crippen LogP) is 4.42. The van der Waals surface area contributed by atoms with Crippen molar-refractivity contribution in [1.29, 1.82) is 0 Å². The summed E-state index contributed by atoms with van der Waals surface area (Å²) in [4.78, 5) is 14.9. The van der Waals surface area contributed by atoms with Gasteiger partial charge in [0.25, 0.3) is 5.91 Å². The van der Waals surface area contributed by atoms with E-state index in [9.17, 15) is 13.2 Å². The Hall–Kier alpha value is -1.89. The molecule has 28 heavy (non-hydrogen) atoms. The number of carbonyl (C=O) groups excluding carboxylic acids is 1. The average Bonchev–Trinajstić information content (AvgIpc) is 2.67. The normalized spacial score (nSPS) is 11.8. The molecule has 0 unspecified atom stereocenters. The van der Waals surface area contributed by atoms with E-state index in [0.29, 0.717) is 13.1 Å². The summed E-state index contributed by atoms with van der Waals surface area (Å²) in [5.41, 5.74) is 1.20. The van der Waals surface area contributed by atoms with Gasteiger partial charge in [-0.25, -0.2) is 8.42 Å². The van der Waals surface area contributed by atoms with Gasteiger partial charge in [0.2, 0.25) is 10.0 Å². The molecule has 0 spiro atoms. The Morgan fingerprint density at radius 3 is 2.32 bits per heavy atom. The van der Waals surface area contributed by atoms with Gasteiger partial charge in [0.05, 0.1) is 15.5 Å². The molecule has 1 amide bonds. The summed E-state index contributed by atoms with van der Waals surface area (Å²) >= 11 is 6.27. The molecule has 0 radical (unpaired) electrons. The third-order valence-corrected chi connectivity index (χ3v) is 6.93. The minimum atomic E-state index is -3.70. The molecule has 0 aliphatic rings. The van der Waals surface area contributed by atoms with Gasteiger partial charge in [-0.05, 0) is 44.0 Å². The number of rotatable bonds is 8. The van der Waals surface area contributed by atoms with Crippen LogP contribution in [0.4, 0.5) is 0 Å². The maximum atomic E-state index is 13.2. The van der Waals surface area contributed by atoms with Crippen molar-refractivity contribution in [3.05, 3.63) is 64.7 Å². The first-order valence-electron chi connectivity index (χ1n) is 9.29. The number of benzene rings is 2. The van der Waals surface area contributed by atoms with Crippen molar-refractivity contribution < 1.29 is 13.2 Å². The van der Waals surface area contributed by atoms with Gasteiger partial charge in [-0.3, -0.25) is 4.79 Å². The van der Waals surface area contributed by atoms with Crippen LogP contribution in [0.25, 0.3) is 0 Å². The number of carbonyl (C=O) groups is 1. The zero-order valence-electron chi connectivity index (χ0n) is 16.7. The van der Waals surface area contributed by atoms with Crippen LogP contribution in [0.15, 0.2) is 53.4 Å². The van der Waals surface area contributed by atoms with Crippen LogP contribution in [0.5, 0.6) is 0 Å². The molecule has 0 bridgehead atoms. The van der Waals surface area contributed by atoms with Gasteiger partial charge in [-0.1, -0.05) is 48.9 Å². The second-order valence-corrected chi connectivity index (χ2v) is 9.37. The SMILES string of the molecule is CCCN(Cc1ccccc1)C(=O)c1cc(S(=O)(=O)N(C)C(C)C)ccc1Cl. The molecule has 0 aliphatic heterocycles. The van der Waals surface area contributed by atoms with Crippen molar-refractivity contribution in [1.82, 2.24) is 9.21 Å². The van der Waals surface area contributed by atoms with Crippen LogP contribution in [0.3, 0.4) is 0 Å². The van der Waals surface area contributed by atoms with Gasteiger partial charge in [-0.2, -0.15) is 4.31 Å². The molecule has 0 heterocycles. The number of amides is 1. The topological polar surface area (TPSA) is 57.7 Å². The molecule has 0 fully saturated rings. The summed E-state index contributed by atoms with van der Waals surface area (Å²) in [5.74, 6) is -0.278. The second-order valence-electron chi connectivity index (χ2n) is 6.97. The summed E-state index contributed by atoms with van der Waals surface area (Å²) in [6.07, 6.45) is 0.782. The van der Waals surface area contributed by atoms with Crippen LogP contribution < -0.4 is 0 Å². The highest BCUT2D eigenvalue weighted by Gasteiger charge is 2.26. The van der Waals surface area contributed by atoms with Gasteiger partial charge in [0, 0.05) is 26.2 Å². The molecule has 2 aromatic rings. The molecule has 0 aromatic heterocycles. The van der Waals surface area contributed by atoms with Crippen molar-refractivity contribution >= 4 is 27.5 Å². The lowest BCUT2D eigenvalue weighted by atomic mass is 10.1. The lowest BCUT2D eigenvalue weighted by molar-refractivity contribution is 0.0743. The van der Waals surface area contributed by atoms with Crippen LogP contribution >= 0.6 is 11.6 Å². The zero-order chi connectivity index (χ0) is 20.9. The van der Waals surface area contributed by atoms with Crippen LogP contribution in [0, 0.1) is 0 Å². The first kappa shape index (κ1) is 22.4. The van der Waals surface area contributed by atoms with Crippen molar-refractivity contribution in [3.8, 4) is 0 Å². The highest BCUT2D eigenvalue weighted by molar-refractivity contribution is 7.89. The van der Waals surface area contributed by atoms with E-state index in [0.717, 1.165) is 12.0 Å². The second kappa shape index (κ2) is 9.54. The van der Waals surface area contributed by atoms with E-state index < -0.39 is 10.0 Å². The largest absolute Gasteiger partial charge is 0.334 e. The fraction of sp³-hybridized carbons (Fsp3) is 0.381. The molecule has 0 saturated carbocycles. The zero-order valence-corrected chi connectivity index (χ0v) is 18.3. The Balaban J connectivity index is 2.40. The molecule has 7 heteroatoms. The fourth-order valence-electron chi connectivity index (χ4n) is 2.77. The van der Waals surface area contributed by atoms with Crippen molar-refractivity contribution in [2.75, 3.05) is 13.6 Å². The van der Waals surface area contributed by atoms with Gasteiger partial charge in [0.1, 0.15) is 0 Å². The third kappa shape index (κ3) is 5.13. The molecule has 0 saturated heterocycles. The monoisotopic (exact) mass is 422 g/mol. The van der Waals surface area contributed by atoms with E-state index in [1.165, 1.54) is 29.6 Å². The summed E-state index contributed by atoms with van der Waals surface area (Å²) < 4.78 is 26.9. The number of hydrogen-bond acceptors (Lipinski definition) is 3. The molecular formula is C21H27ClN2O3S. The molecule has 2 rings (SSSR count). The van der Waals surface area contributed by atoms with Crippen LogP contribution in [-0.4, -0.2) is 43.2 Å². The smallest absolute Gasteiger partial charge is 0.255 e. The fourth-order valence-corrected chi connectivity index (χ4v) is 4.36. The van der Waals surface area contributed by atoms with Crippen LogP contribution in [-0.2, 0) is 16.6 Å². The molecule has 0 aliphatic carbocycles. The highest BCUT2D eigenvalue weighted by atomic mass is 35.5. The maximum absolute atomic E-state index is 13.2. The molecular weight excluding hydrogens is 396 g/mol. The number of sulfonamides is 1. The van der Waals surface area contributed by atoms with Crippen molar-refractivity contribution in [3.63, 3.8) is 0 Å². The van der Waals surface area contributed by atoms with Gasteiger partial charge in [0.15, 0.2) is 0 Å². The predicted molar refractivity (Wildman–Crippen MR) is 113 cm³/mol. The number of halogens is 1. The Bertz CT molecular complexity index is 915. The van der Waals surface area contributed by atoms with E-state index in [2.05, 4.69) is 0 Å². The van der Waals surface area contributed by atoms with E-state index in [4.69, 9.17) is 11.6 Å². The van der Waals surface area contributed by atoms with Gasteiger partial charge < -0.3 is 4.90 Å². The van der Waals surface area contributed by atoms with Crippen molar-refractivity contribution in [2.45, 2.75) is 44.7 Å². The van der Waals surface area contributed by atoms with Gasteiger partial charge in [-0.15, -0.1) is 0 Å². The lowest BCUT2D eigenvalue weighted by Crippen LogP contribution is -2.34. The minimum absolute atomic E-state index is 0.0626. The number of nitrogens with zero attached hydrogens (tertiary/aromatic N) is 2. The molecule has 0 atom stereocenters. The quantitative estimate of drug-likeness (QED) is 0.632. The Morgan fingerprint density at radius 1 is 1.11 bits per heavy atom. The maximum Gasteiger partial charge on any atom is 0.255 e. The first-order valence-corrected chi connectivity index (χ1v) is 11.1. The molecule has 152 valence electrons. The van der Waals surface area contributed by atoms with Crippen molar-refractivity contribution in [2.24, 2.45) is 0 Å². The molecule has 2 aromatic carbocycles. The Kier molecular flexibility index (Phi) is 7.63. The highest BCUT2D eigenvalue weighted by Crippen LogP contribution is 2.25. The van der Waals surface area contributed by atoms with E-state index >= 15 is 0 Å². The first-order chi connectivity index (χ1) is 13.2. The summed E-state index contributed by atoms with van der Waals surface area (Å²) in [5, 5.41) is 0.241. The van der Waals surface area contributed by atoms with E-state index in [1.54, 1.807) is 18.7 Å². The Morgan fingerprint density at radius 2 is 1.75 bits per heavy atom. The Labute approximate surface area is 173 Å². The minimum Gasteiger partial charge on any atom is -0.334 e. The third-order valence-electron chi connectivity index (χ3n) is 4.57. The van der Waals surface area contributed by atoms with E-state index in [-0.39, 0.29) is 27.4 Å². The van der Waals surface area contributed by atoms with Crippen LogP contribution in [0.2, 0.25) is 5.02 Å². The summed E-state index contributed by atoms with van der Waals surface area (Å²) in [6, 6.07) is 13.8. The van der Waals surface area contributed by atoms with Gasteiger partial charge >= 0.3 is 0 Å². The average molecular weight is 423 g/mol. The van der Waals surface area contributed by atoms with E-state index in [1.807, 2.05) is 37.3 Å². The lowest BCUT2D eigenvalue weighted by Gasteiger charge is -2.24. The standard InChI is InChI=1S/C21H27ClN2O3S/c1-5-13-24(15-17-9-7-6-8-10-17)21(25)19-14-18(11-12-20(19)22)28(26,27)23(4)16(2)3/h6-12,14,16H,5,13,15H2,1-4H3. The molecule has 0 N–H and O–H groups in total. The number of hydrogen-bond donors (Lipinski definition) is 0. The summed E-state index contributed by atoms with van der Waals surface area (Å²) in [7, 11) is -2.18. The molecule has 5 nitrogen and oxygen atoms in total. The summed E-state index contributed by atoms with van der Waals surface area (Å²) in [6.45, 7) is 6.57.